The topological polar surface area (TPSA) is 51.2 Å². The molecular weight excluding hydrogens is 516 g/mol. The number of carbonyl (C=O) groups is 3. The second-order valence-electron chi connectivity index (χ2n) is 13.5. The number of ketones is 3. The van der Waals surface area contributed by atoms with Gasteiger partial charge in [-0.05, 0) is 40.9 Å². The summed E-state index contributed by atoms with van der Waals surface area (Å²) in [6.45, 7) is 12.6. The summed E-state index contributed by atoms with van der Waals surface area (Å²) in [4.78, 5) is 43.4. The Kier molecular flexibility index (Phi) is 10.7. The maximum Gasteiger partial charge on any atom is 0.141 e. The molecule has 222 valence electrons. The predicted molar refractivity (Wildman–Crippen MR) is 171 cm³/mol. The third-order valence-corrected chi connectivity index (χ3v) is 9.07. The van der Waals surface area contributed by atoms with Crippen LogP contribution in [0.1, 0.15) is 95.2 Å². The number of benzene rings is 3. The number of Topliss-reactive ketones (excluding diaryl/α,β-unsaturated/α-hetero) is 3. The van der Waals surface area contributed by atoms with Crippen LogP contribution in [0.2, 0.25) is 0 Å². The Morgan fingerprint density at radius 1 is 0.714 bits per heavy atom. The fourth-order valence-electron chi connectivity index (χ4n) is 7.43. The number of carbonyl (C=O) groups excluding carboxylic acids is 3. The molecule has 0 radical (unpaired) electrons. The Morgan fingerprint density at radius 2 is 1.24 bits per heavy atom. The molecule has 0 bridgehead atoms. The maximum absolute atomic E-state index is 15.4. The van der Waals surface area contributed by atoms with Crippen LogP contribution in [-0.4, -0.2) is 17.3 Å². The van der Waals surface area contributed by atoms with E-state index in [1.807, 2.05) is 66.7 Å². The number of rotatable bonds is 12. The zero-order chi connectivity index (χ0) is 30.4. The molecule has 0 aromatic heterocycles. The van der Waals surface area contributed by atoms with Gasteiger partial charge in [-0.2, -0.15) is 0 Å². The van der Waals surface area contributed by atoms with Gasteiger partial charge in [-0.1, -0.05) is 133 Å². The lowest BCUT2D eigenvalue weighted by Gasteiger charge is -2.45. The third kappa shape index (κ3) is 7.17. The Balaban J connectivity index is 1.94. The van der Waals surface area contributed by atoms with Gasteiger partial charge in [0.2, 0.25) is 0 Å². The molecule has 1 fully saturated rings. The second kappa shape index (κ2) is 14.2. The average Bonchev–Trinajstić information content (AvgIpc) is 2.96. The summed E-state index contributed by atoms with van der Waals surface area (Å²) in [5.74, 6) is -1.13. The van der Waals surface area contributed by atoms with Crippen molar-refractivity contribution in [1.82, 2.24) is 0 Å². The smallest absolute Gasteiger partial charge is 0.141 e. The zero-order valence-corrected chi connectivity index (χ0v) is 26.2. The Bertz CT molecular complexity index is 1310. The number of hydrogen-bond acceptors (Lipinski definition) is 3. The molecule has 42 heavy (non-hydrogen) atoms. The van der Waals surface area contributed by atoms with Crippen LogP contribution in [0.3, 0.4) is 0 Å². The Hall–Kier alpha value is -3.33. The molecule has 0 saturated heterocycles. The van der Waals surface area contributed by atoms with E-state index in [1.54, 1.807) is 0 Å². The summed E-state index contributed by atoms with van der Waals surface area (Å²) in [7, 11) is 0. The predicted octanol–water partition coefficient (Wildman–Crippen LogP) is 9.05. The lowest BCUT2D eigenvalue weighted by Crippen LogP contribution is -2.47. The minimum absolute atomic E-state index is 0.0887. The summed E-state index contributed by atoms with van der Waals surface area (Å²) >= 11 is 0. The normalized spacial score (nSPS) is 22.4. The van der Waals surface area contributed by atoms with E-state index >= 15 is 4.79 Å². The molecule has 0 spiro atoms. The fourth-order valence-corrected chi connectivity index (χ4v) is 7.43. The molecule has 0 N–H and O–H groups in total. The van der Waals surface area contributed by atoms with E-state index in [1.165, 1.54) is 0 Å². The highest BCUT2D eigenvalue weighted by molar-refractivity contribution is 5.97. The van der Waals surface area contributed by atoms with Crippen LogP contribution in [0.15, 0.2) is 91.0 Å². The van der Waals surface area contributed by atoms with Crippen LogP contribution in [0, 0.1) is 35.5 Å². The molecule has 3 aromatic carbocycles. The SMILES string of the molecule is CC(C)CC(=O)[C@@H](c1ccccc1)[C@H](CC(C)C)C(=O)[C@H]1[C@@H](c2ccccc2)[C@@H](C(C)C)C(=O)C[C@H]1c1ccccc1. The summed E-state index contributed by atoms with van der Waals surface area (Å²) in [5, 5.41) is 0. The highest BCUT2D eigenvalue weighted by Gasteiger charge is 2.52. The van der Waals surface area contributed by atoms with E-state index in [2.05, 4.69) is 65.8 Å². The van der Waals surface area contributed by atoms with Crippen LogP contribution >= 0.6 is 0 Å². The van der Waals surface area contributed by atoms with E-state index in [0.29, 0.717) is 19.3 Å². The van der Waals surface area contributed by atoms with Gasteiger partial charge < -0.3 is 0 Å². The molecule has 1 saturated carbocycles. The van der Waals surface area contributed by atoms with Gasteiger partial charge in [0, 0.05) is 42.4 Å². The van der Waals surface area contributed by atoms with Gasteiger partial charge in [0.1, 0.15) is 17.3 Å². The van der Waals surface area contributed by atoms with E-state index < -0.39 is 17.8 Å². The fraction of sp³-hybridized carbons (Fsp3) is 0.462. The first kappa shape index (κ1) is 31.6. The molecule has 3 aromatic rings. The van der Waals surface area contributed by atoms with Crippen molar-refractivity contribution in [1.29, 1.82) is 0 Å². The molecule has 1 aliphatic carbocycles. The molecule has 0 heterocycles. The maximum atomic E-state index is 15.4. The molecule has 3 nitrogen and oxygen atoms in total. The molecule has 0 unspecified atom stereocenters. The Morgan fingerprint density at radius 3 is 1.74 bits per heavy atom. The first-order valence-electron chi connectivity index (χ1n) is 15.8. The van der Waals surface area contributed by atoms with Crippen LogP contribution < -0.4 is 0 Å². The van der Waals surface area contributed by atoms with Gasteiger partial charge in [0.05, 0.1) is 5.92 Å². The van der Waals surface area contributed by atoms with Gasteiger partial charge in [0.25, 0.3) is 0 Å². The third-order valence-electron chi connectivity index (χ3n) is 9.07. The first-order chi connectivity index (χ1) is 20.1. The quantitative estimate of drug-likeness (QED) is 0.220. The van der Waals surface area contributed by atoms with E-state index in [9.17, 15) is 9.59 Å². The van der Waals surface area contributed by atoms with Gasteiger partial charge in [-0.25, -0.2) is 0 Å². The summed E-state index contributed by atoms with van der Waals surface area (Å²) in [6.07, 6.45) is 1.41. The lowest BCUT2D eigenvalue weighted by atomic mass is 9.56. The van der Waals surface area contributed by atoms with E-state index in [4.69, 9.17) is 0 Å². The van der Waals surface area contributed by atoms with Crippen LogP contribution in [-0.2, 0) is 14.4 Å². The van der Waals surface area contributed by atoms with Crippen LogP contribution in [0.4, 0.5) is 0 Å². The molecule has 1 aliphatic rings. The molecule has 0 amide bonds. The largest absolute Gasteiger partial charge is 0.299 e. The highest BCUT2D eigenvalue weighted by atomic mass is 16.1. The summed E-state index contributed by atoms with van der Waals surface area (Å²) in [5.41, 5.74) is 2.99. The lowest BCUT2D eigenvalue weighted by molar-refractivity contribution is -0.139. The zero-order valence-electron chi connectivity index (χ0n) is 26.2. The minimum atomic E-state index is -0.508. The van der Waals surface area contributed by atoms with Crippen molar-refractivity contribution in [2.24, 2.45) is 35.5 Å². The second-order valence-corrected chi connectivity index (χ2v) is 13.5. The van der Waals surface area contributed by atoms with Gasteiger partial charge in [0.15, 0.2) is 0 Å². The Labute approximate surface area is 253 Å². The highest BCUT2D eigenvalue weighted by Crippen LogP contribution is 2.52. The van der Waals surface area contributed by atoms with Crippen LogP contribution in [0.25, 0.3) is 0 Å². The minimum Gasteiger partial charge on any atom is -0.299 e. The van der Waals surface area contributed by atoms with Gasteiger partial charge >= 0.3 is 0 Å². The molecule has 6 atom stereocenters. The first-order valence-corrected chi connectivity index (χ1v) is 15.8. The van der Waals surface area contributed by atoms with Crippen molar-refractivity contribution in [3.63, 3.8) is 0 Å². The van der Waals surface area contributed by atoms with Gasteiger partial charge in [-0.3, -0.25) is 14.4 Å². The van der Waals surface area contributed by atoms with Crippen molar-refractivity contribution >= 4 is 17.3 Å². The molecule has 0 aliphatic heterocycles. The van der Waals surface area contributed by atoms with Crippen LogP contribution in [0.5, 0.6) is 0 Å². The summed E-state index contributed by atoms with van der Waals surface area (Å²) in [6, 6.07) is 30.2. The average molecular weight is 565 g/mol. The summed E-state index contributed by atoms with van der Waals surface area (Å²) < 4.78 is 0. The molecular formula is C39H48O3. The van der Waals surface area contributed by atoms with Crippen molar-refractivity contribution < 1.29 is 14.4 Å². The monoisotopic (exact) mass is 564 g/mol. The number of hydrogen-bond donors (Lipinski definition) is 0. The van der Waals surface area contributed by atoms with E-state index in [-0.39, 0.29) is 52.9 Å². The van der Waals surface area contributed by atoms with Crippen molar-refractivity contribution in [2.75, 3.05) is 0 Å². The van der Waals surface area contributed by atoms with Crippen molar-refractivity contribution in [3.8, 4) is 0 Å². The standard InChI is InChI=1S/C39H48O3/c1-25(2)22-32(36(33(40)23-26(3)4)29-18-12-8-13-19-29)39(42)38-31(28-16-10-7-11-17-28)24-34(41)35(27(5)6)37(38)30-20-14-9-15-21-30/h7-21,25-27,31-32,35-38H,22-24H2,1-6H3/t31-,32-,35-,36-,37-,38+/m0/s1. The molecule has 3 heteroatoms. The van der Waals surface area contributed by atoms with E-state index in [0.717, 1.165) is 16.7 Å². The molecule has 4 rings (SSSR count). The van der Waals surface area contributed by atoms with Crippen molar-refractivity contribution in [3.05, 3.63) is 108 Å². The van der Waals surface area contributed by atoms with Gasteiger partial charge in [-0.15, -0.1) is 0 Å². The van der Waals surface area contributed by atoms with Crippen molar-refractivity contribution in [2.45, 2.75) is 78.6 Å².